The van der Waals surface area contributed by atoms with Gasteiger partial charge in [0.25, 0.3) is 0 Å². The predicted molar refractivity (Wildman–Crippen MR) is 2.06 cm³/mol. The van der Waals surface area contributed by atoms with Crippen LogP contribution in [0.5, 0.6) is 0 Å². The molecule has 0 spiro atoms. The van der Waals surface area contributed by atoms with Crippen LogP contribution < -0.4 is 0 Å². The van der Waals surface area contributed by atoms with Gasteiger partial charge in [0.15, 0.2) is 0 Å². The smallest absolute Gasteiger partial charge is 2.00 e. The van der Waals surface area contributed by atoms with Crippen molar-refractivity contribution in [2.24, 2.45) is 0 Å². The molecule has 0 radical (unpaired) electrons. The Kier molecular flexibility index (Phi) is 1910. The number of rotatable bonds is 0. The van der Waals surface area contributed by atoms with Gasteiger partial charge in [0.1, 0.15) is 0 Å². The minimum atomic E-state index is 0. The zero-order valence-electron chi connectivity index (χ0n) is 2.04. The van der Waals surface area contributed by atoms with Gasteiger partial charge in [-0.25, -0.2) is 0 Å². The molecule has 5 heavy (non-hydrogen) atoms. The van der Waals surface area contributed by atoms with Crippen LogP contribution in [0.4, 0.5) is 0 Å². The van der Waals surface area contributed by atoms with Crippen molar-refractivity contribution < 1.29 is 54.6 Å². The quantitative estimate of drug-likeness (QED) is 0.427. The Morgan fingerprint density at radius 1 is 0.600 bits per heavy atom. The third-order valence-corrected chi connectivity index (χ3v) is 0. The summed E-state index contributed by atoms with van der Waals surface area (Å²) in [6.45, 7) is 0. The average molecular weight is 155 g/mol. The second-order valence-electron chi connectivity index (χ2n) is 0. The molecule has 0 aliphatic rings. The summed E-state index contributed by atoms with van der Waals surface area (Å²) in [5.74, 6) is 0. The fraction of sp³-hybridized carbons (Fsp3) is 0. The summed E-state index contributed by atoms with van der Waals surface area (Å²) < 4.78 is 0. The van der Waals surface area contributed by atoms with Crippen LogP contribution >= 0.6 is 0 Å². The van der Waals surface area contributed by atoms with Crippen molar-refractivity contribution in [1.29, 1.82) is 0 Å². The molecule has 3 nitrogen and oxygen atoms in total. The maximum Gasteiger partial charge on any atom is 4.00 e. The van der Waals surface area contributed by atoms with Gasteiger partial charge in [-0.3, -0.25) is 0 Å². The van der Waals surface area contributed by atoms with Crippen LogP contribution in [0.15, 0.2) is 0 Å². The summed E-state index contributed by atoms with van der Waals surface area (Å²) in [4.78, 5) is 0. The van der Waals surface area contributed by atoms with Crippen LogP contribution in [0.25, 0.3) is 0 Å². The van der Waals surface area contributed by atoms with E-state index in [1.807, 2.05) is 0 Å². The molecular weight excluding hydrogens is 155 g/mol. The van der Waals surface area contributed by atoms with Crippen molar-refractivity contribution in [3.8, 4) is 0 Å². The van der Waals surface area contributed by atoms with E-state index in [9.17, 15) is 0 Å². The molecule has 0 unspecified atom stereocenters. The molecule has 0 fully saturated rings. The molecule has 0 saturated heterocycles. The largest absolute Gasteiger partial charge is 4.00 e. The number of hydrogen-bond donors (Lipinski definition) is 0. The van der Waals surface area contributed by atoms with Crippen molar-refractivity contribution in [3.05, 3.63) is 0 Å². The molecule has 0 N–H and O–H groups in total. The van der Waals surface area contributed by atoms with Crippen LogP contribution in [-0.2, 0) is 54.6 Å². The summed E-state index contributed by atoms with van der Waals surface area (Å²) in [5.41, 5.74) is 0. The molecule has 0 aromatic heterocycles. The van der Waals surface area contributed by atoms with Crippen LogP contribution in [-0.4, -0.2) is 0 Å². The molecule has 0 aromatic carbocycles. The molecule has 0 aromatic rings. The summed E-state index contributed by atoms with van der Waals surface area (Å²) in [7, 11) is 0. The summed E-state index contributed by atoms with van der Waals surface area (Å²) in [5, 5.41) is 0. The molecule has 5 heteroatoms. The summed E-state index contributed by atoms with van der Waals surface area (Å²) in [6.07, 6.45) is 0. The van der Waals surface area contributed by atoms with E-state index >= 15 is 0 Å². The van der Waals surface area contributed by atoms with Crippen molar-refractivity contribution in [1.82, 2.24) is 0 Å². The standard InChI is InChI=1S/Ni.3O.Ti/q+2;3*-2;+4. The fourth-order valence-corrected chi connectivity index (χ4v) is 0. The van der Waals surface area contributed by atoms with Crippen molar-refractivity contribution in [3.63, 3.8) is 0 Å². The molecule has 0 saturated carbocycles. The molecule has 0 bridgehead atoms. The molecule has 0 rings (SSSR count). The van der Waals surface area contributed by atoms with E-state index in [4.69, 9.17) is 0 Å². The first-order valence-corrected chi connectivity index (χ1v) is 0. The van der Waals surface area contributed by atoms with Gasteiger partial charge in [-0.05, 0) is 0 Å². The van der Waals surface area contributed by atoms with Gasteiger partial charge in [-0.1, -0.05) is 0 Å². The Labute approximate surface area is 54.9 Å². The minimum absolute atomic E-state index is 0. The fourth-order valence-electron chi connectivity index (χ4n) is 0. The second-order valence-corrected chi connectivity index (χ2v) is 0. The molecule has 32 valence electrons. The van der Waals surface area contributed by atoms with E-state index in [1.165, 1.54) is 0 Å². The molecule has 0 aliphatic heterocycles. The molecule has 0 aliphatic carbocycles. The maximum atomic E-state index is 0. The Bertz CT molecular complexity index is 6.85. The van der Waals surface area contributed by atoms with E-state index in [1.54, 1.807) is 0 Å². The van der Waals surface area contributed by atoms with Crippen LogP contribution in [0.1, 0.15) is 0 Å². The van der Waals surface area contributed by atoms with Crippen molar-refractivity contribution in [2.45, 2.75) is 0 Å². The van der Waals surface area contributed by atoms with Gasteiger partial charge in [-0.2, -0.15) is 0 Å². The minimum Gasteiger partial charge on any atom is -2.00 e. The summed E-state index contributed by atoms with van der Waals surface area (Å²) >= 11 is 0. The molecule has 0 atom stereocenters. The van der Waals surface area contributed by atoms with Crippen LogP contribution in [0.2, 0.25) is 0 Å². The SMILES string of the molecule is [Ni+2].[O-2].[O-2].[O-2].[Ti+4]. The molecule has 0 amide bonds. The Morgan fingerprint density at radius 3 is 0.600 bits per heavy atom. The normalized spacial score (nSPS) is 0. The van der Waals surface area contributed by atoms with Crippen molar-refractivity contribution >= 4 is 0 Å². The third kappa shape index (κ3) is 41.0. The van der Waals surface area contributed by atoms with E-state index in [0.717, 1.165) is 0 Å². The zero-order valence-corrected chi connectivity index (χ0v) is 4.59. The average Bonchev–Trinajstić information content (AvgIpc) is 0. The van der Waals surface area contributed by atoms with Gasteiger partial charge in [0.2, 0.25) is 0 Å². The first kappa shape index (κ1) is 133. The third-order valence-electron chi connectivity index (χ3n) is 0. The van der Waals surface area contributed by atoms with Gasteiger partial charge in [0, 0.05) is 0 Å². The van der Waals surface area contributed by atoms with Gasteiger partial charge < -0.3 is 16.4 Å². The van der Waals surface area contributed by atoms with E-state index in [2.05, 4.69) is 0 Å². The summed E-state index contributed by atoms with van der Waals surface area (Å²) in [6, 6.07) is 0. The second kappa shape index (κ2) is 71.8. The van der Waals surface area contributed by atoms with E-state index in [-0.39, 0.29) is 54.6 Å². The van der Waals surface area contributed by atoms with Gasteiger partial charge in [0.05, 0.1) is 0 Å². The Hall–Kier alpha value is 1.09. The Balaban J connectivity index is 0. The topological polar surface area (TPSA) is 85.5 Å². The number of hydrogen-bond acceptors (Lipinski definition) is 0. The van der Waals surface area contributed by atoms with Crippen molar-refractivity contribution in [2.75, 3.05) is 0 Å². The van der Waals surface area contributed by atoms with Gasteiger partial charge >= 0.3 is 38.2 Å². The maximum absolute atomic E-state index is 0. The monoisotopic (exact) mass is 154 g/mol. The van der Waals surface area contributed by atoms with Crippen LogP contribution in [0, 0.1) is 0 Å². The van der Waals surface area contributed by atoms with Gasteiger partial charge in [-0.15, -0.1) is 0 Å². The molecule has 0 heterocycles. The van der Waals surface area contributed by atoms with E-state index in [0.29, 0.717) is 0 Å². The molecular formula is NiO3Ti. The predicted octanol–water partition coefficient (Wildman–Crippen LogP) is -0.361. The first-order valence-electron chi connectivity index (χ1n) is 0. The zero-order chi connectivity index (χ0) is 0. The van der Waals surface area contributed by atoms with Crippen LogP contribution in [0.3, 0.4) is 0 Å². The van der Waals surface area contributed by atoms with E-state index < -0.39 is 0 Å². The Morgan fingerprint density at radius 2 is 0.600 bits per heavy atom. The first-order chi connectivity index (χ1) is 0.